The van der Waals surface area contributed by atoms with Gasteiger partial charge in [-0.25, -0.2) is 4.79 Å². The lowest BCUT2D eigenvalue weighted by Crippen LogP contribution is -2.62. The van der Waals surface area contributed by atoms with Crippen molar-refractivity contribution in [1.29, 1.82) is 0 Å². The van der Waals surface area contributed by atoms with E-state index in [4.69, 9.17) is 34.4 Å². The van der Waals surface area contributed by atoms with Gasteiger partial charge in [-0.1, -0.05) is 0 Å². The van der Waals surface area contributed by atoms with Crippen LogP contribution in [0.3, 0.4) is 0 Å². The minimum Gasteiger partial charge on any atom is -0.480 e. The molecule has 0 bridgehead atoms. The second-order valence-corrected chi connectivity index (χ2v) is 18.7. The van der Waals surface area contributed by atoms with Gasteiger partial charge in [0.25, 0.3) is 0 Å². The van der Waals surface area contributed by atoms with Gasteiger partial charge in [-0.3, -0.25) is 52.9 Å². The SMILES string of the molecule is CSCC[C@H](N)C(=O)N[C@@H](CO)C(=O)N[C@H](C(=O)N[C@@H](CC(N)=O)C(=O)N1CCC[C@H]1C(=O)N[C@@H](CCCCN)C(=O)N1CCC[C@H]1C(=O)N[C@@H](CCC(N)=O)C(=O)N[C@@H](CCCN=C(N)N)C(=O)O)[C@@H](C)O. The van der Waals surface area contributed by atoms with Crippen LogP contribution in [-0.4, -0.2) is 201 Å². The zero-order valence-corrected chi connectivity index (χ0v) is 42.1. The minimum atomic E-state index is -1.80. The number of primary amides is 2. The van der Waals surface area contributed by atoms with Crippen molar-refractivity contribution in [2.24, 2.45) is 39.4 Å². The number of carboxylic acid groups (broad SMARTS) is 1. The molecule has 0 unspecified atom stereocenters. The van der Waals surface area contributed by atoms with E-state index in [2.05, 4.69) is 36.9 Å². The minimum absolute atomic E-state index is 0.0368. The molecule has 0 saturated carbocycles. The van der Waals surface area contributed by atoms with Crippen LogP contribution >= 0.6 is 11.8 Å². The maximum absolute atomic E-state index is 14.4. The second kappa shape index (κ2) is 31.9. The summed E-state index contributed by atoms with van der Waals surface area (Å²) in [5.74, 6) is -10.1. The lowest BCUT2D eigenvalue weighted by atomic mass is 10.0. The van der Waals surface area contributed by atoms with E-state index in [-0.39, 0.29) is 89.9 Å². The number of guanidine groups is 1. The Morgan fingerprint density at radius 3 is 1.70 bits per heavy atom. The lowest BCUT2D eigenvalue weighted by molar-refractivity contribution is -0.145. The molecule has 2 heterocycles. The van der Waals surface area contributed by atoms with Gasteiger partial charge in [0.2, 0.25) is 59.1 Å². The number of carbonyl (C=O) groups excluding carboxylic acids is 10. The molecule has 0 spiro atoms. The average Bonchev–Trinajstić information content (AvgIpc) is 4.04. The van der Waals surface area contributed by atoms with Crippen LogP contribution < -0.4 is 66.3 Å². The van der Waals surface area contributed by atoms with E-state index < -0.39 is 139 Å². The summed E-state index contributed by atoms with van der Waals surface area (Å²) in [6.45, 7) is 0.521. The standard InChI is InChI=1S/C43H75N15O14S/c1-22(60)33(56-36(65)28(21-59)55-34(63)23(45)14-19-73-2)39(68)54-27(20-32(47)62)41(70)58-18-7-11-30(58)38(67)52-25(8-3-4-15-44)40(69)57-17-6-10-29(57)37(66)51-24(12-13-31(46)61)35(64)53-26(42(71)72)9-5-16-50-43(48)49/h22-30,33,59-60H,3-21,44-45H2,1-2H3,(H2,46,61)(H2,47,62)(H,51,66)(H,52,67)(H,53,64)(H,54,68)(H,55,63)(H,56,65)(H,71,72)(H4,48,49,50)/t22-,23+,24+,25+,26+,27+,28+,29+,30+,33+/m1/s1. The van der Waals surface area contributed by atoms with Crippen molar-refractivity contribution >= 4 is 82.8 Å². The number of hydrogen-bond acceptors (Lipinski definition) is 17. The van der Waals surface area contributed by atoms with Gasteiger partial charge in [0, 0.05) is 26.1 Å². The van der Waals surface area contributed by atoms with Crippen LogP contribution in [0, 0.1) is 0 Å². The summed E-state index contributed by atoms with van der Waals surface area (Å²) in [4.78, 5) is 151. The third-order valence-electron chi connectivity index (χ3n) is 12.0. The number of amides is 10. The van der Waals surface area contributed by atoms with E-state index in [0.717, 1.165) is 11.8 Å². The summed E-state index contributed by atoms with van der Waals surface area (Å²) in [7, 11) is 0. The summed E-state index contributed by atoms with van der Waals surface area (Å²) >= 11 is 1.43. The molecule has 30 heteroatoms. The maximum atomic E-state index is 14.4. The Morgan fingerprint density at radius 2 is 1.19 bits per heavy atom. The Bertz CT molecular complexity index is 1980. The first kappa shape index (κ1) is 62.7. The van der Waals surface area contributed by atoms with E-state index in [1.54, 1.807) is 6.26 Å². The van der Waals surface area contributed by atoms with Crippen molar-refractivity contribution in [1.82, 2.24) is 41.7 Å². The van der Waals surface area contributed by atoms with Crippen LogP contribution in [0.5, 0.6) is 0 Å². The predicted octanol–water partition coefficient (Wildman–Crippen LogP) is -7.26. The number of nitrogens with two attached hydrogens (primary N) is 6. The van der Waals surface area contributed by atoms with E-state index in [1.807, 2.05) is 0 Å². The molecule has 73 heavy (non-hydrogen) atoms. The molecular weight excluding hydrogens is 983 g/mol. The number of nitrogens with one attached hydrogen (secondary N) is 6. The van der Waals surface area contributed by atoms with Gasteiger partial charge in [0.05, 0.1) is 25.2 Å². The Morgan fingerprint density at radius 1 is 0.658 bits per heavy atom. The van der Waals surface area contributed by atoms with Gasteiger partial charge in [0.1, 0.15) is 48.3 Å². The first-order chi connectivity index (χ1) is 34.5. The fourth-order valence-electron chi connectivity index (χ4n) is 8.05. The molecular formula is C43H75N15O14S. The van der Waals surface area contributed by atoms with E-state index in [0.29, 0.717) is 25.0 Å². The van der Waals surface area contributed by atoms with Crippen molar-refractivity contribution in [2.75, 3.05) is 44.8 Å². The highest BCUT2D eigenvalue weighted by atomic mass is 32.2. The summed E-state index contributed by atoms with van der Waals surface area (Å²) in [6.07, 6.45) is 0.615. The molecule has 0 radical (unpaired) electrons. The Hall–Kier alpha value is -6.37. The normalized spacial score (nSPS) is 18.5. The highest BCUT2D eigenvalue weighted by molar-refractivity contribution is 7.98. The number of hydrogen-bond donors (Lipinski definition) is 15. The van der Waals surface area contributed by atoms with Gasteiger partial charge in [-0.2, -0.15) is 11.8 Å². The lowest BCUT2D eigenvalue weighted by Gasteiger charge is -2.32. The number of aliphatic hydroxyl groups is 2. The van der Waals surface area contributed by atoms with Gasteiger partial charge >= 0.3 is 5.97 Å². The molecule has 21 N–H and O–H groups in total. The Balaban J connectivity index is 2.31. The summed E-state index contributed by atoms with van der Waals surface area (Å²) in [5, 5.41) is 44.6. The zero-order chi connectivity index (χ0) is 54.9. The second-order valence-electron chi connectivity index (χ2n) is 17.7. The third-order valence-corrected chi connectivity index (χ3v) is 12.6. The first-order valence-electron chi connectivity index (χ1n) is 24.0. The number of nitrogens with zero attached hydrogens (tertiary/aromatic N) is 3. The third kappa shape index (κ3) is 20.9. The highest BCUT2D eigenvalue weighted by Crippen LogP contribution is 2.23. The molecule has 0 aromatic rings. The topological polar surface area (TPSA) is 496 Å². The van der Waals surface area contributed by atoms with E-state index in [9.17, 15) is 68.1 Å². The molecule has 0 aliphatic carbocycles. The monoisotopic (exact) mass is 1060 g/mol. The molecule has 2 rings (SSSR count). The van der Waals surface area contributed by atoms with E-state index in [1.165, 1.54) is 16.7 Å². The molecule has 0 aromatic heterocycles. The van der Waals surface area contributed by atoms with E-state index >= 15 is 0 Å². The number of aliphatic imine (C=N–C) groups is 1. The fraction of sp³-hybridized carbons (Fsp3) is 0.721. The van der Waals surface area contributed by atoms with Crippen molar-refractivity contribution in [3.8, 4) is 0 Å². The van der Waals surface area contributed by atoms with Crippen LogP contribution in [0.25, 0.3) is 0 Å². The van der Waals surface area contributed by atoms with Crippen LogP contribution in [0.4, 0.5) is 0 Å². The smallest absolute Gasteiger partial charge is 0.326 e. The van der Waals surface area contributed by atoms with Gasteiger partial charge < -0.3 is 91.4 Å². The van der Waals surface area contributed by atoms with Crippen molar-refractivity contribution < 1.29 is 68.1 Å². The fourth-order valence-corrected chi connectivity index (χ4v) is 8.54. The van der Waals surface area contributed by atoms with Crippen molar-refractivity contribution in [3.63, 3.8) is 0 Å². The quantitative estimate of drug-likeness (QED) is 0.0165. The maximum Gasteiger partial charge on any atom is 0.326 e. The largest absolute Gasteiger partial charge is 0.480 e. The predicted molar refractivity (Wildman–Crippen MR) is 263 cm³/mol. The number of unbranched alkanes of at least 4 members (excludes halogenated alkanes) is 1. The van der Waals surface area contributed by atoms with Crippen LogP contribution in [0.1, 0.15) is 90.4 Å². The number of carbonyl (C=O) groups is 11. The van der Waals surface area contributed by atoms with Crippen LogP contribution in [0.2, 0.25) is 0 Å². The number of aliphatic carboxylic acids is 1. The Labute approximate surface area is 426 Å². The van der Waals surface area contributed by atoms with Crippen molar-refractivity contribution in [2.45, 2.75) is 151 Å². The first-order valence-corrected chi connectivity index (χ1v) is 25.4. The van der Waals surface area contributed by atoms with Crippen LogP contribution in [0.15, 0.2) is 4.99 Å². The summed E-state index contributed by atoms with van der Waals surface area (Å²) in [5.41, 5.74) is 33.0. The molecule has 2 aliphatic rings. The summed E-state index contributed by atoms with van der Waals surface area (Å²) in [6, 6.07) is -12.7. The van der Waals surface area contributed by atoms with Crippen LogP contribution in [-0.2, 0) is 52.7 Å². The van der Waals surface area contributed by atoms with Gasteiger partial charge in [-0.15, -0.1) is 0 Å². The van der Waals surface area contributed by atoms with Crippen molar-refractivity contribution in [3.05, 3.63) is 0 Å². The molecule has 2 saturated heterocycles. The summed E-state index contributed by atoms with van der Waals surface area (Å²) < 4.78 is 0. The number of rotatable bonds is 33. The number of thioether (sulfide) groups is 1. The van der Waals surface area contributed by atoms with Gasteiger partial charge in [0.15, 0.2) is 5.96 Å². The molecule has 2 aliphatic heterocycles. The number of carboxylic acids is 1. The molecule has 412 valence electrons. The molecule has 29 nitrogen and oxygen atoms in total. The zero-order valence-electron chi connectivity index (χ0n) is 41.3. The average molecular weight is 1060 g/mol. The highest BCUT2D eigenvalue weighted by Gasteiger charge is 2.43. The Kier molecular flexibility index (Phi) is 27.5. The number of likely N-dealkylation sites (tertiary alicyclic amines) is 2. The molecule has 10 amide bonds. The van der Waals surface area contributed by atoms with Gasteiger partial charge in [-0.05, 0) is 96.1 Å². The number of aliphatic hydroxyl groups excluding tert-OH is 2. The molecule has 10 atom stereocenters. The molecule has 2 fully saturated rings. The molecule has 0 aromatic carbocycles.